The molecule has 0 N–H and O–H groups in total. The maximum absolute atomic E-state index is 11.9. The molecule has 114 valence electrons. The van der Waals surface area contributed by atoms with Gasteiger partial charge in [0, 0.05) is 24.9 Å². The molecule has 1 saturated heterocycles. The molecule has 0 atom stereocenters. The predicted octanol–water partition coefficient (Wildman–Crippen LogP) is 0.624. The molecule has 1 heterocycles. The van der Waals surface area contributed by atoms with Gasteiger partial charge in [-0.25, -0.2) is 8.42 Å². The quantitative estimate of drug-likeness (QED) is 0.597. The molecule has 2 rings (SSSR count). The lowest BCUT2D eigenvalue weighted by Gasteiger charge is -2.20. The van der Waals surface area contributed by atoms with E-state index >= 15 is 0 Å². The fourth-order valence-corrected chi connectivity index (χ4v) is 3.12. The van der Waals surface area contributed by atoms with Gasteiger partial charge in [0.05, 0.1) is 28.7 Å². The molecule has 8 nitrogen and oxygen atoms in total. The molecule has 0 saturated carbocycles. The number of non-ortho nitro benzene ring substituents is 1. The van der Waals surface area contributed by atoms with Crippen LogP contribution in [-0.2, 0) is 14.6 Å². The number of likely N-dealkylation sites (N-methyl/N-ethyl adjacent to an activating group) is 1. The molecule has 0 unspecified atom stereocenters. The van der Waals surface area contributed by atoms with E-state index in [1.165, 1.54) is 12.1 Å². The molecule has 9 heteroatoms. The second-order valence-electron chi connectivity index (χ2n) is 4.77. The fraction of sp³-hybridized carbons (Fsp3) is 0.417. The Bertz CT molecular complexity index is 701. The maximum Gasteiger partial charge on any atom is 0.270 e. The van der Waals surface area contributed by atoms with Crippen molar-refractivity contribution < 1.29 is 18.1 Å². The minimum Gasteiger partial charge on any atom is -0.343 e. The number of hydrogen-bond acceptors (Lipinski definition) is 6. The van der Waals surface area contributed by atoms with Crippen LogP contribution in [0.5, 0.6) is 0 Å². The molecular formula is C12H15N3O5S. The van der Waals surface area contributed by atoms with Crippen LogP contribution in [0, 0.1) is 10.1 Å². The van der Waals surface area contributed by atoms with E-state index in [-0.39, 0.29) is 29.7 Å². The van der Waals surface area contributed by atoms with E-state index < -0.39 is 14.8 Å². The number of rotatable bonds is 4. The van der Waals surface area contributed by atoms with Crippen LogP contribution in [-0.4, -0.2) is 50.2 Å². The largest absolute Gasteiger partial charge is 0.343 e. The normalized spacial score (nSPS) is 15.6. The molecule has 0 aromatic heterocycles. The average molecular weight is 313 g/mol. The molecular weight excluding hydrogens is 298 g/mol. The lowest BCUT2D eigenvalue weighted by atomic mass is 10.2. The number of benzene rings is 1. The standard InChI is InChI=1S/C12H15N3O5S/c1-3-13-8-14(7-12(13)16)10-5-4-9(15(17)18)6-11(10)21(2,19)20/h4-6H,3,7-8H2,1-2H3. The summed E-state index contributed by atoms with van der Waals surface area (Å²) < 4.78 is 23.7. The van der Waals surface area contributed by atoms with E-state index in [1.54, 1.807) is 9.80 Å². The van der Waals surface area contributed by atoms with Crippen molar-refractivity contribution in [1.29, 1.82) is 0 Å². The lowest BCUT2D eigenvalue weighted by molar-refractivity contribution is -0.385. The van der Waals surface area contributed by atoms with Gasteiger partial charge in [-0.15, -0.1) is 0 Å². The lowest BCUT2D eigenvalue weighted by Crippen LogP contribution is -2.27. The van der Waals surface area contributed by atoms with Crippen molar-refractivity contribution in [1.82, 2.24) is 4.90 Å². The van der Waals surface area contributed by atoms with Crippen molar-refractivity contribution in [3.63, 3.8) is 0 Å². The second-order valence-corrected chi connectivity index (χ2v) is 6.75. The number of nitro benzene ring substituents is 1. The van der Waals surface area contributed by atoms with Gasteiger partial charge in [0.15, 0.2) is 9.84 Å². The number of amides is 1. The molecule has 1 aromatic carbocycles. The first kappa shape index (κ1) is 15.2. The Morgan fingerprint density at radius 1 is 1.38 bits per heavy atom. The molecule has 1 aliphatic heterocycles. The summed E-state index contributed by atoms with van der Waals surface area (Å²) in [5.74, 6) is -0.102. The van der Waals surface area contributed by atoms with Crippen molar-refractivity contribution in [2.45, 2.75) is 11.8 Å². The summed E-state index contributed by atoms with van der Waals surface area (Å²) in [6, 6.07) is 3.65. The van der Waals surface area contributed by atoms with Gasteiger partial charge < -0.3 is 9.80 Å². The Morgan fingerprint density at radius 2 is 2.05 bits per heavy atom. The van der Waals surface area contributed by atoms with Gasteiger partial charge >= 0.3 is 0 Å². The predicted molar refractivity (Wildman–Crippen MR) is 75.8 cm³/mol. The number of anilines is 1. The van der Waals surface area contributed by atoms with E-state index in [0.717, 1.165) is 12.3 Å². The zero-order valence-electron chi connectivity index (χ0n) is 11.6. The van der Waals surface area contributed by atoms with Crippen molar-refractivity contribution in [2.24, 2.45) is 0 Å². The van der Waals surface area contributed by atoms with Crippen LogP contribution in [0.25, 0.3) is 0 Å². The van der Waals surface area contributed by atoms with Gasteiger partial charge in [-0.1, -0.05) is 0 Å². The van der Waals surface area contributed by atoms with Crippen LogP contribution in [0.2, 0.25) is 0 Å². The van der Waals surface area contributed by atoms with Crippen LogP contribution in [0.1, 0.15) is 6.92 Å². The molecule has 0 aliphatic carbocycles. The Balaban J connectivity index is 2.50. The van der Waals surface area contributed by atoms with Gasteiger partial charge in [0.2, 0.25) is 5.91 Å². The smallest absolute Gasteiger partial charge is 0.270 e. The van der Waals surface area contributed by atoms with Gasteiger partial charge in [-0.3, -0.25) is 14.9 Å². The van der Waals surface area contributed by atoms with Crippen molar-refractivity contribution in [3.05, 3.63) is 28.3 Å². The summed E-state index contributed by atoms with van der Waals surface area (Å²) in [4.78, 5) is 24.9. The van der Waals surface area contributed by atoms with Crippen molar-refractivity contribution in [2.75, 3.05) is 30.9 Å². The average Bonchev–Trinajstić information content (AvgIpc) is 2.78. The third kappa shape index (κ3) is 2.97. The van der Waals surface area contributed by atoms with Crippen LogP contribution in [0.4, 0.5) is 11.4 Å². The van der Waals surface area contributed by atoms with E-state index in [4.69, 9.17) is 0 Å². The van der Waals surface area contributed by atoms with Gasteiger partial charge in [0.25, 0.3) is 5.69 Å². The molecule has 0 radical (unpaired) electrons. The van der Waals surface area contributed by atoms with Gasteiger partial charge in [0.1, 0.15) is 0 Å². The maximum atomic E-state index is 11.9. The van der Waals surface area contributed by atoms with Crippen LogP contribution >= 0.6 is 0 Å². The van der Waals surface area contributed by atoms with Gasteiger partial charge in [-0.05, 0) is 13.0 Å². The number of carbonyl (C=O) groups excluding carboxylic acids is 1. The second kappa shape index (κ2) is 5.32. The zero-order valence-corrected chi connectivity index (χ0v) is 12.5. The van der Waals surface area contributed by atoms with Crippen LogP contribution in [0.15, 0.2) is 23.1 Å². The summed E-state index contributed by atoms with van der Waals surface area (Å²) in [6.07, 6.45) is 0.991. The molecule has 1 fully saturated rings. The third-order valence-electron chi connectivity index (χ3n) is 3.30. The highest BCUT2D eigenvalue weighted by atomic mass is 32.2. The van der Waals surface area contributed by atoms with Crippen LogP contribution in [0.3, 0.4) is 0 Å². The van der Waals surface area contributed by atoms with E-state index in [1.807, 2.05) is 6.92 Å². The molecule has 1 aromatic rings. The van der Waals surface area contributed by atoms with Gasteiger partial charge in [-0.2, -0.15) is 0 Å². The first-order chi connectivity index (χ1) is 9.74. The number of nitrogens with zero attached hydrogens (tertiary/aromatic N) is 3. The number of nitro groups is 1. The summed E-state index contributed by atoms with van der Waals surface area (Å²) in [5, 5.41) is 10.8. The third-order valence-corrected chi connectivity index (χ3v) is 4.42. The molecule has 21 heavy (non-hydrogen) atoms. The summed E-state index contributed by atoms with van der Waals surface area (Å²) in [6.45, 7) is 2.69. The number of sulfone groups is 1. The Labute approximate surface area is 122 Å². The Kier molecular flexibility index (Phi) is 3.86. The van der Waals surface area contributed by atoms with E-state index in [0.29, 0.717) is 12.2 Å². The summed E-state index contributed by atoms with van der Waals surface area (Å²) in [5.41, 5.74) is 0.0180. The molecule has 1 amide bonds. The van der Waals surface area contributed by atoms with Crippen molar-refractivity contribution >= 4 is 27.1 Å². The van der Waals surface area contributed by atoms with E-state index in [9.17, 15) is 23.3 Å². The van der Waals surface area contributed by atoms with Crippen LogP contribution < -0.4 is 4.90 Å². The zero-order chi connectivity index (χ0) is 15.8. The highest BCUT2D eigenvalue weighted by molar-refractivity contribution is 7.90. The van der Waals surface area contributed by atoms with Crippen molar-refractivity contribution in [3.8, 4) is 0 Å². The minimum absolute atomic E-state index is 0.0637. The molecule has 0 spiro atoms. The SMILES string of the molecule is CCN1CN(c2ccc([N+](=O)[O-])cc2S(C)(=O)=O)CC1=O. The molecule has 1 aliphatic rings. The highest BCUT2D eigenvalue weighted by Gasteiger charge is 2.30. The monoisotopic (exact) mass is 313 g/mol. The number of hydrogen-bond donors (Lipinski definition) is 0. The minimum atomic E-state index is -3.64. The first-order valence-corrected chi connectivity index (χ1v) is 8.14. The Hall–Kier alpha value is -2.16. The summed E-state index contributed by atoms with van der Waals surface area (Å²) in [7, 11) is -3.64. The summed E-state index contributed by atoms with van der Waals surface area (Å²) >= 11 is 0. The first-order valence-electron chi connectivity index (χ1n) is 6.25. The topological polar surface area (TPSA) is 101 Å². The van der Waals surface area contributed by atoms with E-state index in [2.05, 4.69) is 0 Å². The Morgan fingerprint density at radius 3 is 2.52 bits per heavy atom. The number of carbonyl (C=O) groups is 1. The molecule has 0 bridgehead atoms. The highest BCUT2D eigenvalue weighted by Crippen LogP contribution is 2.31. The fourth-order valence-electron chi connectivity index (χ4n) is 2.21.